The quantitative estimate of drug-likeness (QED) is 0.357. The molecular formula is C24H28N2O4. The van der Waals surface area contributed by atoms with Crippen molar-refractivity contribution in [2.45, 2.75) is 24.8 Å². The van der Waals surface area contributed by atoms with Crippen LogP contribution >= 0.6 is 0 Å². The Kier molecular flexibility index (Phi) is 7.63. The van der Waals surface area contributed by atoms with E-state index in [2.05, 4.69) is 41.5 Å². The number of ether oxygens (including phenoxy) is 2. The van der Waals surface area contributed by atoms with E-state index in [1.54, 1.807) is 7.05 Å². The number of esters is 1. The molecule has 0 unspecified atom stereocenters. The molecule has 30 heavy (non-hydrogen) atoms. The molecule has 0 aliphatic heterocycles. The van der Waals surface area contributed by atoms with Crippen LogP contribution < -0.4 is 10.6 Å². The third-order valence-corrected chi connectivity index (χ3v) is 5.26. The van der Waals surface area contributed by atoms with Gasteiger partial charge in [-0.2, -0.15) is 0 Å². The number of fused-ring (bicyclic) bond motifs is 3. The van der Waals surface area contributed by atoms with Gasteiger partial charge in [-0.15, -0.1) is 0 Å². The van der Waals surface area contributed by atoms with Crippen LogP contribution in [0.25, 0.3) is 11.1 Å². The topological polar surface area (TPSA) is 76.7 Å². The fourth-order valence-electron chi connectivity index (χ4n) is 3.77. The molecule has 2 aromatic rings. The highest BCUT2D eigenvalue weighted by Crippen LogP contribution is 2.44. The Bertz CT molecular complexity index is 851. The zero-order valence-corrected chi connectivity index (χ0v) is 17.2. The summed E-state index contributed by atoms with van der Waals surface area (Å²) in [7, 11) is 1.71. The predicted molar refractivity (Wildman–Crippen MR) is 116 cm³/mol. The number of carbonyl (C=O) groups excluding carboxylic acids is 2. The first kappa shape index (κ1) is 21.6. The lowest BCUT2D eigenvalue weighted by molar-refractivity contribution is -0.144. The second kappa shape index (κ2) is 10.6. The molecule has 2 N–H and O–H groups in total. The summed E-state index contributed by atoms with van der Waals surface area (Å²) in [5, 5.41) is 5.69. The van der Waals surface area contributed by atoms with E-state index in [9.17, 15) is 9.59 Å². The minimum absolute atomic E-state index is 0.0384. The van der Waals surface area contributed by atoms with Crippen molar-refractivity contribution in [2.75, 3.05) is 26.8 Å². The second-order valence-electron chi connectivity index (χ2n) is 7.15. The maximum Gasteiger partial charge on any atom is 0.407 e. The van der Waals surface area contributed by atoms with Crippen molar-refractivity contribution in [1.82, 2.24) is 10.6 Å². The molecule has 2 aromatic carbocycles. The van der Waals surface area contributed by atoms with Crippen LogP contribution in [-0.2, 0) is 14.3 Å². The number of alkyl carbamates (subject to hydrolysis) is 1. The first-order valence-electron chi connectivity index (χ1n) is 10.2. The van der Waals surface area contributed by atoms with E-state index in [0.29, 0.717) is 19.4 Å². The smallest absolute Gasteiger partial charge is 0.407 e. The van der Waals surface area contributed by atoms with Crippen molar-refractivity contribution >= 4 is 12.1 Å². The normalized spacial score (nSPS) is 13.1. The van der Waals surface area contributed by atoms with Gasteiger partial charge in [0.2, 0.25) is 0 Å². The van der Waals surface area contributed by atoms with E-state index >= 15 is 0 Å². The first-order chi connectivity index (χ1) is 14.7. The van der Waals surface area contributed by atoms with Crippen molar-refractivity contribution in [3.05, 3.63) is 72.3 Å². The van der Waals surface area contributed by atoms with Crippen molar-refractivity contribution in [2.24, 2.45) is 0 Å². The summed E-state index contributed by atoms with van der Waals surface area (Å²) < 4.78 is 10.5. The summed E-state index contributed by atoms with van der Waals surface area (Å²) in [6.45, 7) is 4.42. The summed E-state index contributed by atoms with van der Waals surface area (Å²) in [6.07, 6.45) is 2.25. The molecule has 1 aliphatic rings. The molecule has 1 amide bonds. The minimum atomic E-state index is -0.452. The van der Waals surface area contributed by atoms with Crippen LogP contribution in [0.4, 0.5) is 4.79 Å². The Morgan fingerprint density at radius 3 is 2.30 bits per heavy atom. The van der Waals surface area contributed by atoms with Gasteiger partial charge in [0.05, 0.1) is 0 Å². The zero-order valence-electron chi connectivity index (χ0n) is 17.2. The van der Waals surface area contributed by atoms with Crippen LogP contribution in [0.15, 0.2) is 61.2 Å². The molecule has 0 saturated carbocycles. The van der Waals surface area contributed by atoms with Gasteiger partial charge in [0.25, 0.3) is 0 Å². The van der Waals surface area contributed by atoms with E-state index in [1.807, 2.05) is 24.3 Å². The molecule has 0 saturated heterocycles. The summed E-state index contributed by atoms with van der Waals surface area (Å²) in [5.74, 6) is -0.282. The average molecular weight is 408 g/mol. The Morgan fingerprint density at radius 1 is 1.07 bits per heavy atom. The molecule has 1 aliphatic carbocycles. The molecule has 3 rings (SSSR count). The summed E-state index contributed by atoms with van der Waals surface area (Å²) in [5.41, 5.74) is 4.76. The van der Waals surface area contributed by atoms with Crippen LogP contribution in [0.1, 0.15) is 29.9 Å². The third-order valence-electron chi connectivity index (χ3n) is 5.26. The summed E-state index contributed by atoms with van der Waals surface area (Å²) in [4.78, 5) is 24.0. The number of hydrogen-bond donors (Lipinski definition) is 2. The van der Waals surface area contributed by atoms with Crippen LogP contribution in [0, 0.1) is 0 Å². The van der Waals surface area contributed by atoms with Crippen molar-refractivity contribution in [1.29, 1.82) is 0 Å². The number of rotatable bonds is 10. The Balaban J connectivity index is 1.45. The van der Waals surface area contributed by atoms with Gasteiger partial charge < -0.3 is 20.1 Å². The fraction of sp³-hybridized carbons (Fsp3) is 0.333. The lowest BCUT2D eigenvalue weighted by Crippen LogP contribution is -2.36. The summed E-state index contributed by atoms with van der Waals surface area (Å²) >= 11 is 0. The van der Waals surface area contributed by atoms with Gasteiger partial charge >= 0.3 is 12.1 Å². The number of carbonyl (C=O) groups is 2. The highest BCUT2D eigenvalue weighted by Gasteiger charge is 2.29. The molecule has 1 atom stereocenters. The molecule has 0 heterocycles. The molecular weight excluding hydrogens is 380 g/mol. The van der Waals surface area contributed by atoms with Crippen molar-refractivity contribution in [3.8, 4) is 11.1 Å². The van der Waals surface area contributed by atoms with Crippen molar-refractivity contribution < 1.29 is 19.1 Å². The SMILES string of the molecule is C=CCOC(=O)[C@H](CCCNC(=O)OCC1c2ccccc2-c2ccccc21)NC. The van der Waals surface area contributed by atoms with E-state index in [1.165, 1.54) is 28.3 Å². The number of benzene rings is 2. The molecule has 158 valence electrons. The number of hydrogen-bond acceptors (Lipinski definition) is 5. The Hall–Kier alpha value is -3.12. The molecule has 0 spiro atoms. The van der Waals surface area contributed by atoms with Gasteiger partial charge in [-0.3, -0.25) is 4.79 Å². The van der Waals surface area contributed by atoms with E-state index < -0.39 is 12.1 Å². The van der Waals surface area contributed by atoms with Gasteiger partial charge in [-0.1, -0.05) is 61.2 Å². The largest absolute Gasteiger partial charge is 0.460 e. The maximum atomic E-state index is 12.2. The monoisotopic (exact) mass is 408 g/mol. The molecule has 6 nitrogen and oxygen atoms in total. The number of nitrogens with one attached hydrogen (secondary N) is 2. The minimum Gasteiger partial charge on any atom is -0.460 e. The van der Waals surface area contributed by atoms with Gasteiger partial charge in [0.15, 0.2) is 0 Å². The van der Waals surface area contributed by atoms with Gasteiger partial charge in [0.1, 0.15) is 19.3 Å². The van der Waals surface area contributed by atoms with Crippen LogP contribution in [0.5, 0.6) is 0 Å². The molecule has 0 radical (unpaired) electrons. The third kappa shape index (κ3) is 5.07. The van der Waals surface area contributed by atoms with Crippen molar-refractivity contribution in [3.63, 3.8) is 0 Å². The van der Waals surface area contributed by atoms with E-state index in [4.69, 9.17) is 9.47 Å². The van der Waals surface area contributed by atoms with Crippen LogP contribution in [0.2, 0.25) is 0 Å². The highest BCUT2D eigenvalue weighted by molar-refractivity contribution is 5.79. The number of amides is 1. The Labute approximate surface area is 177 Å². The first-order valence-corrected chi connectivity index (χ1v) is 10.2. The van der Waals surface area contributed by atoms with Gasteiger partial charge in [-0.05, 0) is 42.1 Å². The number of likely N-dealkylation sites (N-methyl/N-ethyl adjacent to an activating group) is 1. The fourth-order valence-corrected chi connectivity index (χ4v) is 3.77. The molecule has 0 aromatic heterocycles. The van der Waals surface area contributed by atoms with E-state index in [0.717, 1.165) is 0 Å². The Morgan fingerprint density at radius 2 is 1.70 bits per heavy atom. The lowest BCUT2D eigenvalue weighted by Gasteiger charge is -2.16. The standard InChI is InChI=1S/C24H28N2O4/c1-3-15-29-23(27)22(25-2)13-8-14-26-24(28)30-16-21-19-11-6-4-9-17(19)18-10-5-7-12-20(18)21/h3-7,9-12,21-22,25H,1,8,13-16H2,2H3,(H,26,28)/t22-/m0/s1. The lowest BCUT2D eigenvalue weighted by atomic mass is 9.98. The zero-order chi connectivity index (χ0) is 21.3. The molecule has 0 bridgehead atoms. The molecule has 0 fully saturated rings. The van der Waals surface area contributed by atoms with Gasteiger partial charge in [0, 0.05) is 12.5 Å². The average Bonchev–Trinajstić information content (AvgIpc) is 3.10. The predicted octanol–water partition coefficient (Wildman–Crippen LogP) is 3.62. The van der Waals surface area contributed by atoms with Gasteiger partial charge in [-0.25, -0.2) is 4.79 Å². The summed E-state index contributed by atoms with van der Waals surface area (Å²) in [6, 6.07) is 16.0. The molecule has 6 heteroatoms. The maximum absolute atomic E-state index is 12.2. The highest BCUT2D eigenvalue weighted by atomic mass is 16.5. The van der Waals surface area contributed by atoms with Crippen LogP contribution in [0.3, 0.4) is 0 Å². The second-order valence-corrected chi connectivity index (χ2v) is 7.15. The van der Waals surface area contributed by atoms with E-state index in [-0.39, 0.29) is 25.1 Å². The van der Waals surface area contributed by atoms with Crippen LogP contribution in [-0.4, -0.2) is 44.9 Å².